The summed E-state index contributed by atoms with van der Waals surface area (Å²) in [5.74, 6) is -1.63. The summed E-state index contributed by atoms with van der Waals surface area (Å²) in [7, 11) is -3.79. The van der Waals surface area contributed by atoms with E-state index in [1.807, 2.05) is 26.8 Å². The standard InChI is InChI=1S/C28H32FNO5S2/c1-14-12-15(2)36-26(14)22-16(3)20-23-18(10-9-11-19(23)29)13-30(37(8,33)34)24(20)17(4)21(22)25(27(31)32)35-28(5,6)7/h9-12,25H,13H2,1-8H3,(H,31,32)/t25-/m0/s1. The maximum absolute atomic E-state index is 15.4. The fraction of sp³-hybridized carbons (Fsp3) is 0.393. The van der Waals surface area contributed by atoms with E-state index in [0.29, 0.717) is 44.6 Å². The second-order valence-electron chi connectivity index (χ2n) is 10.6. The third kappa shape index (κ3) is 4.80. The van der Waals surface area contributed by atoms with Gasteiger partial charge in [0.2, 0.25) is 10.0 Å². The van der Waals surface area contributed by atoms with Crippen LogP contribution in [0.25, 0.3) is 21.6 Å². The first kappa shape index (κ1) is 27.3. The van der Waals surface area contributed by atoms with Crippen molar-refractivity contribution in [1.29, 1.82) is 0 Å². The highest BCUT2D eigenvalue weighted by molar-refractivity contribution is 7.92. The van der Waals surface area contributed by atoms with Crippen molar-refractivity contribution in [2.75, 3.05) is 10.6 Å². The van der Waals surface area contributed by atoms with Gasteiger partial charge in [-0.1, -0.05) is 12.1 Å². The number of thiophene rings is 1. The molecule has 0 fully saturated rings. The van der Waals surface area contributed by atoms with Gasteiger partial charge >= 0.3 is 5.97 Å². The second kappa shape index (κ2) is 9.22. The maximum Gasteiger partial charge on any atom is 0.337 e. The second-order valence-corrected chi connectivity index (χ2v) is 13.8. The number of sulfonamides is 1. The Hall–Kier alpha value is -2.75. The normalized spacial score (nSPS) is 14.4. The number of carboxylic acids is 1. The monoisotopic (exact) mass is 545 g/mol. The first-order chi connectivity index (χ1) is 17.0. The van der Waals surface area contributed by atoms with E-state index >= 15 is 4.39 Å². The van der Waals surface area contributed by atoms with Crippen LogP contribution in [-0.2, 0) is 26.1 Å². The van der Waals surface area contributed by atoms with Crippen LogP contribution in [0.3, 0.4) is 0 Å². The quantitative estimate of drug-likeness (QED) is 0.387. The van der Waals surface area contributed by atoms with Crippen molar-refractivity contribution >= 4 is 33.0 Å². The summed E-state index contributed by atoms with van der Waals surface area (Å²) in [6, 6.07) is 6.69. The summed E-state index contributed by atoms with van der Waals surface area (Å²) < 4.78 is 48.9. The predicted molar refractivity (Wildman–Crippen MR) is 146 cm³/mol. The number of aliphatic carboxylic acids is 1. The Bertz CT molecular complexity index is 1530. The minimum atomic E-state index is -3.79. The van der Waals surface area contributed by atoms with Crippen molar-refractivity contribution in [1.82, 2.24) is 0 Å². The molecule has 1 aromatic heterocycles. The molecule has 3 aromatic rings. The van der Waals surface area contributed by atoms with Crippen molar-refractivity contribution in [3.63, 3.8) is 0 Å². The number of hydrogen-bond acceptors (Lipinski definition) is 5. The number of ether oxygens (including phenoxy) is 1. The highest BCUT2D eigenvalue weighted by Crippen LogP contribution is 2.53. The molecule has 0 amide bonds. The first-order valence-corrected chi connectivity index (χ1v) is 14.6. The van der Waals surface area contributed by atoms with E-state index < -0.39 is 33.5 Å². The zero-order valence-corrected chi connectivity index (χ0v) is 23.9. The molecule has 9 heteroatoms. The summed E-state index contributed by atoms with van der Waals surface area (Å²) in [6.45, 7) is 12.7. The molecule has 4 rings (SSSR count). The molecule has 1 N–H and O–H groups in total. The summed E-state index contributed by atoms with van der Waals surface area (Å²) in [5, 5.41) is 10.4. The third-order valence-corrected chi connectivity index (χ3v) is 8.84. The number of carboxylic acid groups (broad SMARTS) is 1. The predicted octanol–water partition coefficient (Wildman–Crippen LogP) is 6.68. The molecule has 198 valence electrons. The Balaban J connectivity index is 2.26. The molecule has 2 aromatic carbocycles. The molecule has 0 bridgehead atoms. The lowest BCUT2D eigenvalue weighted by atomic mass is 9.81. The van der Waals surface area contributed by atoms with Gasteiger partial charge in [-0.2, -0.15) is 0 Å². The van der Waals surface area contributed by atoms with E-state index in [-0.39, 0.29) is 6.54 Å². The minimum Gasteiger partial charge on any atom is -0.479 e. The van der Waals surface area contributed by atoms with E-state index in [0.717, 1.165) is 21.6 Å². The molecule has 1 atom stereocenters. The van der Waals surface area contributed by atoms with Crippen LogP contribution >= 0.6 is 11.3 Å². The number of halogens is 1. The maximum atomic E-state index is 15.4. The molecule has 6 nitrogen and oxygen atoms in total. The van der Waals surface area contributed by atoms with Crippen LogP contribution in [0, 0.1) is 33.5 Å². The Kier molecular flexibility index (Phi) is 6.80. The zero-order chi connectivity index (χ0) is 27.6. The van der Waals surface area contributed by atoms with E-state index in [4.69, 9.17) is 4.74 Å². The van der Waals surface area contributed by atoms with Crippen molar-refractivity contribution in [3.05, 3.63) is 62.8 Å². The number of fused-ring (bicyclic) bond motifs is 3. The summed E-state index contributed by atoms with van der Waals surface area (Å²) in [6.07, 6.45) is -0.263. The van der Waals surface area contributed by atoms with Crippen LogP contribution in [-0.4, -0.2) is 31.4 Å². The van der Waals surface area contributed by atoms with E-state index in [2.05, 4.69) is 0 Å². The van der Waals surface area contributed by atoms with Crippen LogP contribution in [0.5, 0.6) is 0 Å². The van der Waals surface area contributed by atoms with Gasteiger partial charge in [0.15, 0.2) is 6.10 Å². The van der Waals surface area contributed by atoms with Crippen LogP contribution in [0.2, 0.25) is 0 Å². The Morgan fingerprint density at radius 2 is 1.76 bits per heavy atom. The average molecular weight is 546 g/mol. The van der Waals surface area contributed by atoms with Crippen LogP contribution in [0.1, 0.15) is 59.6 Å². The van der Waals surface area contributed by atoms with Crippen LogP contribution < -0.4 is 4.31 Å². The Labute approximate surface area is 221 Å². The molecule has 2 heterocycles. The minimum absolute atomic E-state index is 0.0486. The van der Waals surface area contributed by atoms with Crippen molar-refractivity contribution in [2.45, 2.75) is 66.7 Å². The smallest absolute Gasteiger partial charge is 0.337 e. The highest BCUT2D eigenvalue weighted by atomic mass is 32.2. The fourth-order valence-corrected chi connectivity index (χ4v) is 7.29. The molecular weight excluding hydrogens is 513 g/mol. The number of carbonyl (C=O) groups is 1. The Morgan fingerprint density at radius 3 is 2.27 bits per heavy atom. The van der Waals surface area contributed by atoms with Gasteiger partial charge < -0.3 is 9.84 Å². The largest absolute Gasteiger partial charge is 0.479 e. The lowest BCUT2D eigenvalue weighted by Gasteiger charge is -2.37. The average Bonchev–Trinajstić information content (AvgIpc) is 3.09. The number of benzene rings is 2. The summed E-state index contributed by atoms with van der Waals surface area (Å²) >= 11 is 1.52. The van der Waals surface area contributed by atoms with Crippen molar-refractivity contribution in [3.8, 4) is 21.6 Å². The molecule has 0 spiro atoms. The van der Waals surface area contributed by atoms with Crippen molar-refractivity contribution < 1.29 is 27.4 Å². The number of nitrogens with zero attached hydrogens (tertiary/aromatic N) is 1. The number of anilines is 1. The molecule has 37 heavy (non-hydrogen) atoms. The van der Waals surface area contributed by atoms with Gasteiger partial charge in [-0.15, -0.1) is 11.3 Å². The Morgan fingerprint density at radius 1 is 1.11 bits per heavy atom. The number of hydrogen-bond donors (Lipinski definition) is 1. The first-order valence-electron chi connectivity index (χ1n) is 11.9. The number of aryl methyl sites for hydroxylation is 2. The SMILES string of the molecule is Cc1cc(C)c(-c2c(C)c3c(c(C)c2[C@H](OC(C)(C)C)C(=O)O)N(S(C)(=O)=O)Cc2cccc(F)c2-3)s1. The highest BCUT2D eigenvalue weighted by Gasteiger charge is 2.39. The summed E-state index contributed by atoms with van der Waals surface area (Å²) in [5.41, 5.74) is 3.91. The summed E-state index contributed by atoms with van der Waals surface area (Å²) in [4.78, 5) is 14.6. The van der Waals surface area contributed by atoms with Gasteiger partial charge in [0.1, 0.15) is 5.82 Å². The van der Waals surface area contributed by atoms with Gasteiger partial charge in [-0.3, -0.25) is 4.31 Å². The molecular formula is C28H32FNO5S2. The molecule has 0 aliphatic carbocycles. The van der Waals surface area contributed by atoms with Gasteiger partial charge in [-0.25, -0.2) is 17.6 Å². The molecule has 1 aliphatic heterocycles. The van der Waals surface area contributed by atoms with Gasteiger partial charge in [0.05, 0.1) is 24.1 Å². The molecule has 0 radical (unpaired) electrons. The molecule has 1 aliphatic rings. The molecule has 0 unspecified atom stereocenters. The van der Waals surface area contributed by atoms with E-state index in [9.17, 15) is 18.3 Å². The van der Waals surface area contributed by atoms with E-state index in [1.54, 1.807) is 39.8 Å². The zero-order valence-electron chi connectivity index (χ0n) is 22.3. The fourth-order valence-electron chi connectivity index (χ4n) is 5.22. The van der Waals surface area contributed by atoms with E-state index in [1.165, 1.54) is 21.7 Å². The van der Waals surface area contributed by atoms with Gasteiger partial charge in [-0.05, 0) is 82.9 Å². The van der Waals surface area contributed by atoms with Crippen molar-refractivity contribution in [2.24, 2.45) is 0 Å². The van der Waals surface area contributed by atoms with Gasteiger partial charge in [0.25, 0.3) is 0 Å². The lowest BCUT2D eigenvalue weighted by molar-refractivity contribution is -0.160. The molecule has 0 saturated heterocycles. The van der Waals surface area contributed by atoms with Crippen LogP contribution in [0.15, 0.2) is 24.3 Å². The lowest BCUT2D eigenvalue weighted by Crippen LogP contribution is -2.35. The third-order valence-electron chi connectivity index (χ3n) is 6.55. The molecule has 0 saturated carbocycles. The number of rotatable bonds is 5. The van der Waals surface area contributed by atoms with Gasteiger partial charge in [0, 0.05) is 32.0 Å². The van der Waals surface area contributed by atoms with Crippen LogP contribution in [0.4, 0.5) is 10.1 Å². The topological polar surface area (TPSA) is 83.9 Å².